The first-order valence-electron chi connectivity index (χ1n) is 3.38. The minimum absolute atomic E-state index is 0. The van der Waals surface area contributed by atoms with Gasteiger partial charge in [0.25, 0.3) is 0 Å². The predicted octanol–water partition coefficient (Wildman–Crippen LogP) is 1.60. The second kappa shape index (κ2) is 5.27. The van der Waals surface area contributed by atoms with Crippen molar-refractivity contribution >= 4 is 25.5 Å². The lowest BCUT2D eigenvalue weighted by Gasteiger charge is -1.92. The molecule has 0 atom stereocenters. The Morgan fingerprint density at radius 3 is 2.23 bits per heavy atom. The van der Waals surface area contributed by atoms with Crippen LogP contribution in [-0.4, -0.2) is 16.2 Å². The molecule has 0 bridgehead atoms. The lowest BCUT2D eigenvalue weighted by molar-refractivity contribution is -0.131. The Labute approximate surface area is 82.8 Å². The van der Waals surface area contributed by atoms with Gasteiger partial charge in [0.15, 0.2) is 0 Å². The molecule has 1 rings (SSSR count). The minimum Gasteiger partial charge on any atom is -0.508 e. The summed E-state index contributed by atoms with van der Waals surface area (Å²) in [5.74, 6) is -0.814. The number of phenolic OH excluding ortho intramolecular Hbond substituents is 1. The van der Waals surface area contributed by atoms with Crippen LogP contribution in [0, 0.1) is 0 Å². The number of aliphatic carboxylic acids is 1. The topological polar surface area (TPSA) is 57.5 Å². The van der Waals surface area contributed by atoms with Crippen molar-refractivity contribution in [2.24, 2.45) is 0 Å². The fourth-order valence-corrected chi connectivity index (χ4v) is 0.753. The molecule has 0 fully saturated rings. The van der Waals surface area contributed by atoms with Crippen LogP contribution in [0.3, 0.4) is 0 Å². The van der Waals surface area contributed by atoms with Gasteiger partial charge in [-0.2, -0.15) is 13.5 Å². The first kappa shape index (κ1) is 11.6. The van der Waals surface area contributed by atoms with Gasteiger partial charge in [-0.15, -0.1) is 0 Å². The molecule has 0 heterocycles. The van der Waals surface area contributed by atoms with Crippen molar-refractivity contribution in [1.29, 1.82) is 0 Å². The van der Waals surface area contributed by atoms with Crippen LogP contribution in [0.2, 0.25) is 0 Å². The molecule has 4 heteroatoms. The number of carboxylic acid groups (broad SMARTS) is 1. The van der Waals surface area contributed by atoms with Crippen molar-refractivity contribution in [1.82, 2.24) is 0 Å². The van der Waals surface area contributed by atoms with Crippen LogP contribution in [0.25, 0.3) is 6.08 Å². The van der Waals surface area contributed by atoms with Crippen molar-refractivity contribution < 1.29 is 15.0 Å². The van der Waals surface area contributed by atoms with Gasteiger partial charge in [-0.05, 0) is 23.8 Å². The molecule has 0 saturated carbocycles. The Morgan fingerprint density at radius 2 is 1.77 bits per heavy atom. The van der Waals surface area contributed by atoms with E-state index in [0.717, 1.165) is 11.6 Å². The Kier molecular flexibility index (Phi) is 4.69. The lowest BCUT2D eigenvalue weighted by atomic mass is 10.2. The summed E-state index contributed by atoms with van der Waals surface area (Å²) in [6.45, 7) is 0. The Morgan fingerprint density at radius 1 is 1.23 bits per heavy atom. The number of aromatic hydroxyl groups is 1. The zero-order chi connectivity index (χ0) is 8.97. The number of benzene rings is 1. The van der Waals surface area contributed by atoms with Crippen LogP contribution in [0.15, 0.2) is 30.3 Å². The summed E-state index contributed by atoms with van der Waals surface area (Å²) in [6, 6.07) is 6.27. The van der Waals surface area contributed by atoms with E-state index in [4.69, 9.17) is 10.2 Å². The highest BCUT2D eigenvalue weighted by Crippen LogP contribution is 2.10. The van der Waals surface area contributed by atoms with Gasteiger partial charge >= 0.3 is 5.97 Å². The van der Waals surface area contributed by atoms with Crippen molar-refractivity contribution in [2.45, 2.75) is 0 Å². The SMILES string of the molecule is O=C(O)C=Cc1ccc(O)cc1.S. The monoisotopic (exact) mass is 198 g/mol. The van der Waals surface area contributed by atoms with Gasteiger partial charge in [0.2, 0.25) is 0 Å². The van der Waals surface area contributed by atoms with E-state index in [9.17, 15) is 4.79 Å². The maximum absolute atomic E-state index is 10.1. The Hall–Kier alpha value is -1.42. The third kappa shape index (κ3) is 4.22. The molecule has 0 aromatic heterocycles. The predicted molar refractivity (Wildman–Crippen MR) is 55.2 cm³/mol. The highest BCUT2D eigenvalue weighted by molar-refractivity contribution is 7.59. The lowest BCUT2D eigenvalue weighted by Crippen LogP contribution is -1.85. The fraction of sp³-hybridized carbons (Fsp3) is 0. The highest BCUT2D eigenvalue weighted by atomic mass is 32.1. The number of hydrogen-bond donors (Lipinski definition) is 2. The van der Waals surface area contributed by atoms with Gasteiger partial charge < -0.3 is 10.2 Å². The standard InChI is InChI=1S/C9H8O3.H2S/c10-8-4-1-7(2-5-8)3-6-9(11)12;/h1-6,10H,(H,11,12);1H2. The molecular weight excluding hydrogens is 188 g/mol. The van der Waals surface area contributed by atoms with Crippen molar-refractivity contribution in [2.75, 3.05) is 0 Å². The molecule has 13 heavy (non-hydrogen) atoms. The molecule has 0 aliphatic rings. The molecule has 70 valence electrons. The molecule has 0 amide bonds. The number of hydrogen-bond acceptors (Lipinski definition) is 2. The van der Waals surface area contributed by atoms with E-state index >= 15 is 0 Å². The summed E-state index contributed by atoms with van der Waals surface area (Å²) in [5, 5.41) is 17.2. The van der Waals surface area contributed by atoms with E-state index in [1.54, 1.807) is 12.1 Å². The molecule has 3 nitrogen and oxygen atoms in total. The quantitative estimate of drug-likeness (QED) is 0.710. The summed E-state index contributed by atoms with van der Waals surface area (Å²) in [6.07, 6.45) is 2.51. The maximum atomic E-state index is 10.1. The molecule has 0 spiro atoms. The van der Waals surface area contributed by atoms with E-state index in [1.165, 1.54) is 18.2 Å². The smallest absolute Gasteiger partial charge is 0.328 e. The molecule has 0 radical (unpaired) electrons. The average molecular weight is 198 g/mol. The number of phenols is 1. The summed E-state index contributed by atoms with van der Waals surface area (Å²) < 4.78 is 0. The Balaban J connectivity index is 0.00000144. The molecule has 1 aromatic carbocycles. The number of carbonyl (C=O) groups is 1. The first-order chi connectivity index (χ1) is 5.68. The number of carboxylic acids is 1. The van der Waals surface area contributed by atoms with Crippen molar-refractivity contribution in [3.05, 3.63) is 35.9 Å². The third-order valence-electron chi connectivity index (χ3n) is 1.31. The zero-order valence-corrected chi connectivity index (χ0v) is 7.77. The molecule has 0 saturated heterocycles. The second-order valence-corrected chi connectivity index (χ2v) is 2.26. The van der Waals surface area contributed by atoms with Crippen molar-refractivity contribution in [3.63, 3.8) is 0 Å². The molecule has 0 unspecified atom stereocenters. The van der Waals surface area contributed by atoms with Crippen LogP contribution in [-0.2, 0) is 4.79 Å². The van der Waals surface area contributed by atoms with E-state index in [2.05, 4.69) is 0 Å². The zero-order valence-electron chi connectivity index (χ0n) is 6.77. The van der Waals surface area contributed by atoms with E-state index in [1.807, 2.05) is 0 Å². The minimum atomic E-state index is -0.983. The molecular formula is C9H10O3S. The third-order valence-corrected chi connectivity index (χ3v) is 1.31. The largest absolute Gasteiger partial charge is 0.508 e. The normalized spacial score (nSPS) is 9.54. The van der Waals surface area contributed by atoms with Gasteiger partial charge in [-0.3, -0.25) is 0 Å². The van der Waals surface area contributed by atoms with Crippen LogP contribution in [0.1, 0.15) is 5.56 Å². The van der Waals surface area contributed by atoms with E-state index < -0.39 is 5.97 Å². The second-order valence-electron chi connectivity index (χ2n) is 2.26. The van der Waals surface area contributed by atoms with Crippen LogP contribution in [0.4, 0.5) is 0 Å². The van der Waals surface area contributed by atoms with Crippen molar-refractivity contribution in [3.8, 4) is 5.75 Å². The maximum Gasteiger partial charge on any atom is 0.328 e. The summed E-state index contributed by atoms with van der Waals surface area (Å²) in [4.78, 5) is 10.1. The van der Waals surface area contributed by atoms with Gasteiger partial charge in [0, 0.05) is 6.08 Å². The van der Waals surface area contributed by atoms with E-state index in [0.29, 0.717) is 0 Å². The van der Waals surface area contributed by atoms with Gasteiger partial charge in [0.1, 0.15) is 5.75 Å². The summed E-state index contributed by atoms with van der Waals surface area (Å²) in [5.41, 5.74) is 0.746. The van der Waals surface area contributed by atoms with Crippen LogP contribution < -0.4 is 0 Å². The molecule has 2 N–H and O–H groups in total. The molecule has 1 aromatic rings. The fourth-order valence-electron chi connectivity index (χ4n) is 0.753. The van der Waals surface area contributed by atoms with Gasteiger partial charge in [-0.25, -0.2) is 4.79 Å². The number of rotatable bonds is 2. The van der Waals surface area contributed by atoms with Crippen LogP contribution in [0.5, 0.6) is 5.75 Å². The first-order valence-corrected chi connectivity index (χ1v) is 3.38. The summed E-state index contributed by atoms with van der Waals surface area (Å²) >= 11 is 0. The van der Waals surface area contributed by atoms with E-state index in [-0.39, 0.29) is 19.2 Å². The van der Waals surface area contributed by atoms with Crippen LogP contribution >= 0.6 is 13.5 Å². The molecule has 0 aliphatic heterocycles. The van der Waals surface area contributed by atoms with Gasteiger partial charge in [0.05, 0.1) is 0 Å². The van der Waals surface area contributed by atoms with Gasteiger partial charge in [-0.1, -0.05) is 12.1 Å². The average Bonchev–Trinajstić information content (AvgIpc) is 2.03. The molecule has 0 aliphatic carbocycles. The highest BCUT2D eigenvalue weighted by Gasteiger charge is 1.89. The Bertz CT molecular complexity index is 303. The summed E-state index contributed by atoms with van der Waals surface area (Å²) in [7, 11) is 0.